The van der Waals surface area contributed by atoms with Crippen LogP contribution in [0, 0.1) is 0 Å². The molecule has 0 spiro atoms. The van der Waals surface area contributed by atoms with Crippen molar-refractivity contribution >= 4 is 38.9 Å². The van der Waals surface area contributed by atoms with Crippen LogP contribution in [-0.2, 0) is 0 Å². The summed E-state index contributed by atoms with van der Waals surface area (Å²) in [6.45, 7) is 4.86. The van der Waals surface area contributed by atoms with Gasteiger partial charge in [-0.3, -0.25) is 4.79 Å². The van der Waals surface area contributed by atoms with Crippen LogP contribution in [0.15, 0.2) is 40.2 Å². The van der Waals surface area contributed by atoms with Crippen molar-refractivity contribution in [2.45, 2.75) is 26.3 Å². The SMILES string of the molecule is CCCNC(=O)c1cccc(NC(C)c2sccc2Br)c1. The number of hydrogen-bond donors (Lipinski definition) is 2. The van der Waals surface area contributed by atoms with Gasteiger partial charge in [0.05, 0.1) is 6.04 Å². The van der Waals surface area contributed by atoms with E-state index in [0.29, 0.717) is 12.1 Å². The maximum absolute atomic E-state index is 12.0. The fraction of sp³-hybridized carbons (Fsp3) is 0.312. The van der Waals surface area contributed by atoms with Crippen LogP contribution in [0.3, 0.4) is 0 Å². The van der Waals surface area contributed by atoms with Gasteiger partial charge < -0.3 is 10.6 Å². The van der Waals surface area contributed by atoms with Crippen molar-refractivity contribution in [3.8, 4) is 0 Å². The van der Waals surface area contributed by atoms with Crippen LogP contribution in [0.1, 0.15) is 41.5 Å². The Kier molecular flexibility index (Phi) is 5.82. The molecule has 1 atom stereocenters. The number of halogens is 1. The molecule has 0 fully saturated rings. The van der Waals surface area contributed by atoms with Crippen molar-refractivity contribution in [2.75, 3.05) is 11.9 Å². The number of hydrogen-bond acceptors (Lipinski definition) is 3. The quantitative estimate of drug-likeness (QED) is 0.768. The number of anilines is 1. The maximum Gasteiger partial charge on any atom is 0.251 e. The van der Waals surface area contributed by atoms with Crippen LogP contribution in [-0.4, -0.2) is 12.5 Å². The van der Waals surface area contributed by atoms with E-state index in [9.17, 15) is 4.79 Å². The van der Waals surface area contributed by atoms with Crippen molar-refractivity contribution in [3.63, 3.8) is 0 Å². The zero-order chi connectivity index (χ0) is 15.2. The van der Waals surface area contributed by atoms with Gasteiger partial charge >= 0.3 is 0 Å². The van der Waals surface area contributed by atoms with Crippen LogP contribution in [0.4, 0.5) is 5.69 Å². The van der Waals surface area contributed by atoms with E-state index in [1.807, 2.05) is 37.3 Å². The smallest absolute Gasteiger partial charge is 0.251 e. The minimum absolute atomic E-state index is 0.0227. The van der Waals surface area contributed by atoms with E-state index in [4.69, 9.17) is 0 Å². The van der Waals surface area contributed by atoms with E-state index >= 15 is 0 Å². The zero-order valence-electron chi connectivity index (χ0n) is 12.2. The molecule has 1 unspecified atom stereocenters. The van der Waals surface area contributed by atoms with Gasteiger partial charge in [-0.1, -0.05) is 13.0 Å². The molecule has 112 valence electrons. The lowest BCUT2D eigenvalue weighted by Gasteiger charge is -2.15. The number of carbonyl (C=O) groups excluding carboxylic acids is 1. The molecule has 1 aromatic heterocycles. The summed E-state index contributed by atoms with van der Waals surface area (Å²) in [6, 6.07) is 9.85. The van der Waals surface area contributed by atoms with Gasteiger partial charge in [0.25, 0.3) is 5.91 Å². The predicted octanol–water partition coefficient (Wildman–Crippen LogP) is 4.82. The molecule has 0 saturated carbocycles. The first kappa shape index (κ1) is 16.0. The van der Waals surface area contributed by atoms with Crippen molar-refractivity contribution in [2.24, 2.45) is 0 Å². The second kappa shape index (κ2) is 7.61. The third-order valence-electron chi connectivity index (χ3n) is 3.08. The van der Waals surface area contributed by atoms with E-state index in [0.717, 1.165) is 16.6 Å². The highest BCUT2D eigenvalue weighted by molar-refractivity contribution is 9.10. The fourth-order valence-electron chi connectivity index (χ4n) is 2.02. The van der Waals surface area contributed by atoms with Gasteiger partial charge in [-0.2, -0.15) is 0 Å². The molecule has 2 N–H and O–H groups in total. The van der Waals surface area contributed by atoms with Crippen LogP contribution in [0.2, 0.25) is 0 Å². The molecule has 1 heterocycles. The lowest BCUT2D eigenvalue weighted by atomic mass is 10.1. The minimum Gasteiger partial charge on any atom is -0.378 e. The van der Waals surface area contributed by atoms with E-state index < -0.39 is 0 Å². The molecular weight excluding hydrogens is 348 g/mol. The molecule has 0 aliphatic heterocycles. The first-order chi connectivity index (χ1) is 10.1. The molecule has 0 saturated heterocycles. The van der Waals surface area contributed by atoms with Crippen LogP contribution in [0.5, 0.6) is 0 Å². The highest BCUT2D eigenvalue weighted by Crippen LogP contribution is 2.31. The number of rotatable bonds is 6. The van der Waals surface area contributed by atoms with E-state index in [1.165, 1.54) is 4.88 Å². The lowest BCUT2D eigenvalue weighted by Crippen LogP contribution is -2.24. The molecule has 0 radical (unpaired) electrons. The molecule has 0 aliphatic carbocycles. The molecule has 21 heavy (non-hydrogen) atoms. The summed E-state index contributed by atoms with van der Waals surface area (Å²) in [6.07, 6.45) is 0.938. The van der Waals surface area contributed by atoms with Gasteiger partial charge in [-0.15, -0.1) is 11.3 Å². The van der Waals surface area contributed by atoms with Gasteiger partial charge in [-0.05, 0) is 58.9 Å². The molecule has 2 rings (SSSR count). The Morgan fingerprint density at radius 2 is 2.19 bits per heavy atom. The Morgan fingerprint density at radius 3 is 2.86 bits per heavy atom. The van der Waals surface area contributed by atoms with E-state index in [-0.39, 0.29) is 11.9 Å². The minimum atomic E-state index is -0.0227. The monoisotopic (exact) mass is 366 g/mol. The Balaban J connectivity index is 2.07. The molecule has 5 heteroatoms. The Labute approximate surface area is 137 Å². The summed E-state index contributed by atoms with van der Waals surface area (Å²) >= 11 is 5.26. The Bertz CT molecular complexity index is 612. The second-order valence-electron chi connectivity index (χ2n) is 4.84. The molecule has 3 nitrogen and oxygen atoms in total. The summed E-state index contributed by atoms with van der Waals surface area (Å²) in [5, 5.41) is 8.39. The Morgan fingerprint density at radius 1 is 1.38 bits per heavy atom. The third-order valence-corrected chi connectivity index (χ3v) is 5.14. The summed E-state index contributed by atoms with van der Waals surface area (Å²) < 4.78 is 1.12. The summed E-state index contributed by atoms with van der Waals surface area (Å²) in [5.74, 6) is -0.0227. The highest BCUT2D eigenvalue weighted by Gasteiger charge is 2.11. The molecular formula is C16H19BrN2OS. The van der Waals surface area contributed by atoms with Crippen molar-refractivity contribution in [1.82, 2.24) is 5.32 Å². The van der Waals surface area contributed by atoms with Crippen LogP contribution < -0.4 is 10.6 Å². The van der Waals surface area contributed by atoms with Gasteiger partial charge in [0.15, 0.2) is 0 Å². The second-order valence-corrected chi connectivity index (χ2v) is 6.64. The summed E-state index contributed by atoms with van der Waals surface area (Å²) in [4.78, 5) is 13.2. The van der Waals surface area contributed by atoms with Gasteiger partial charge in [0, 0.05) is 27.1 Å². The Hall–Kier alpha value is -1.33. The first-order valence-electron chi connectivity index (χ1n) is 6.99. The number of benzene rings is 1. The number of amides is 1. The van der Waals surface area contributed by atoms with E-state index in [2.05, 4.69) is 38.9 Å². The topological polar surface area (TPSA) is 41.1 Å². The molecule has 2 aromatic rings. The highest BCUT2D eigenvalue weighted by atomic mass is 79.9. The van der Waals surface area contributed by atoms with Gasteiger partial charge in [0.1, 0.15) is 0 Å². The number of nitrogens with one attached hydrogen (secondary N) is 2. The maximum atomic E-state index is 12.0. The molecule has 1 amide bonds. The molecule has 0 aliphatic rings. The fourth-order valence-corrected chi connectivity index (χ4v) is 3.75. The average Bonchev–Trinajstić information content (AvgIpc) is 2.91. The normalized spacial score (nSPS) is 12.0. The van der Waals surface area contributed by atoms with Crippen molar-refractivity contribution in [3.05, 3.63) is 50.6 Å². The van der Waals surface area contributed by atoms with Gasteiger partial charge in [0.2, 0.25) is 0 Å². The molecule has 0 bridgehead atoms. The number of thiophene rings is 1. The van der Waals surface area contributed by atoms with Crippen LogP contribution in [0.25, 0.3) is 0 Å². The van der Waals surface area contributed by atoms with Gasteiger partial charge in [-0.25, -0.2) is 0 Å². The summed E-state index contributed by atoms with van der Waals surface area (Å²) in [7, 11) is 0. The largest absolute Gasteiger partial charge is 0.378 e. The van der Waals surface area contributed by atoms with Crippen molar-refractivity contribution in [1.29, 1.82) is 0 Å². The van der Waals surface area contributed by atoms with Crippen molar-refractivity contribution < 1.29 is 4.79 Å². The molecule has 1 aromatic carbocycles. The lowest BCUT2D eigenvalue weighted by molar-refractivity contribution is 0.0953. The average molecular weight is 367 g/mol. The van der Waals surface area contributed by atoms with Crippen LogP contribution >= 0.6 is 27.3 Å². The number of carbonyl (C=O) groups is 1. The predicted molar refractivity (Wildman–Crippen MR) is 93.1 cm³/mol. The van der Waals surface area contributed by atoms with E-state index in [1.54, 1.807) is 11.3 Å². The first-order valence-corrected chi connectivity index (χ1v) is 8.66. The standard InChI is InChI=1S/C16H19BrN2OS/c1-3-8-18-16(20)12-5-4-6-13(10-12)19-11(2)15-14(17)7-9-21-15/h4-7,9-11,19H,3,8H2,1-2H3,(H,18,20). The zero-order valence-corrected chi connectivity index (χ0v) is 14.6. The third kappa shape index (κ3) is 4.32. The summed E-state index contributed by atoms with van der Waals surface area (Å²) in [5.41, 5.74) is 1.64.